The minimum atomic E-state index is -0.315. The number of fused-ring (bicyclic) bond motifs is 2. The third-order valence-corrected chi connectivity index (χ3v) is 8.39. The van der Waals surface area contributed by atoms with Gasteiger partial charge in [-0.15, -0.1) is 10.2 Å². The lowest BCUT2D eigenvalue weighted by molar-refractivity contribution is 0.171. The summed E-state index contributed by atoms with van der Waals surface area (Å²) in [5.74, 6) is 3.45. The number of nitrogens with zero attached hydrogens (tertiary/aromatic N) is 6. The summed E-state index contributed by atoms with van der Waals surface area (Å²) in [4.78, 5) is 17.5. The number of pyridine rings is 1. The van der Waals surface area contributed by atoms with E-state index >= 15 is 0 Å². The van der Waals surface area contributed by atoms with Crippen molar-refractivity contribution in [2.45, 2.75) is 64.0 Å². The molecule has 4 aromatic rings. The van der Waals surface area contributed by atoms with Gasteiger partial charge in [0.05, 0.1) is 12.2 Å². The van der Waals surface area contributed by atoms with Gasteiger partial charge in [0.1, 0.15) is 17.6 Å². The lowest BCUT2D eigenvalue weighted by Crippen LogP contribution is -2.38. The summed E-state index contributed by atoms with van der Waals surface area (Å²) in [6.07, 6.45) is 5.65. The molecule has 1 aromatic carbocycles. The second kappa shape index (κ2) is 11.9. The predicted octanol–water partition coefficient (Wildman–Crippen LogP) is 5.57. The number of carbonyl (C=O) groups excluding carboxylic acids is 1. The van der Waals surface area contributed by atoms with Crippen LogP contribution in [0.2, 0.25) is 0 Å². The first kappa shape index (κ1) is 29.0. The van der Waals surface area contributed by atoms with Gasteiger partial charge in [-0.2, -0.15) is 0 Å². The molecule has 2 amide bonds. The third kappa shape index (κ3) is 6.46. The van der Waals surface area contributed by atoms with Crippen molar-refractivity contribution in [1.29, 1.82) is 0 Å². The smallest absolute Gasteiger partial charge is 0.320 e. The second-order valence-corrected chi connectivity index (χ2v) is 13.1. The molecule has 1 saturated heterocycles. The highest BCUT2D eigenvalue weighted by Gasteiger charge is 2.30. The first-order valence-electron chi connectivity index (χ1n) is 15.2. The van der Waals surface area contributed by atoms with Crippen LogP contribution in [0.5, 0.6) is 5.75 Å². The van der Waals surface area contributed by atoms with Gasteiger partial charge in [0, 0.05) is 31.1 Å². The lowest BCUT2D eigenvalue weighted by Gasteiger charge is -2.33. The number of piperidine rings is 1. The van der Waals surface area contributed by atoms with Gasteiger partial charge in [0.2, 0.25) is 5.95 Å². The lowest BCUT2D eigenvalue weighted by atomic mass is 9.85. The van der Waals surface area contributed by atoms with Crippen LogP contribution in [0, 0.1) is 5.92 Å². The zero-order valence-electron chi connectivity index (χ0n) is 25.7. The maximum atomic E-state index is 12.9. The van der Waals surface area contributed by atoms with Gasteiger partial charge < -0.3 is 24.4 Å². The highest BCUT2D eigenvalue weighted by molar-refractivity contribution is 5.88. The van der Waals surface area contributed by atoms with Gasteiger partial charge in [0.15, 0.2) is 11.5 Å². The van der Waals surface area contributed by atoms with Crippen LogP contribution in [-0.2, 0) is 5.41 Å². The SMILES string of the molecule is CN(C)CC1CCN(c2nnc3ccc(O[C@@H]4CC[C@H](NC(=O)Nc5cc(C(C)(C)C)on5)c5ccccc54)cn23)CC1. The average molecular weight is 587 g/mol. The number of nitrogens with one attached hydrogen (secondary N) is 2. The Labute approximate surface area is 252 Å². The van der Waals surface area contributed by atoms with E-state index in [1.54, 1.807) is 6.07 Å². The molecule has 6 rings (SSSR count). The Hall–Kier alpha value is -4.12. The van der Waals surface area contributed by atoms with Crippen LogP contribution < -0.4 is 20.3 Å². The van der Waals surface area contributed by atoms with Crippen molar-refractivity contribution in [3.8, 4) is 5.75 Å². The molecular weight excluding hydrogens is 544 g/mol. The van der Waals surface area contributed by atoms with Crippen LogP contribution in [-0.4, -0.2) is 64.4 Å². The van der Waals surface area contributed by atoms with Gasteiger partial charge in [-0.25, -0.2) is 4.79 Å². The van der Waals surface area contributed by atoms with Gasteiger partial charge in [-0.1, -0.05) is 50.2 Å². The number of hydrogen-bond donors (Lipinski definition) is 2. The van der Waals surface area contributed by atoms with Gasteiger partial charge in [0.25, 0.3) is 0 Å². The molecule has 1 aliphatic heterocycles. The first-order valence-corrected chi connectivity index (χ1v) is 15.2. The van der Waals surface area contributed by atoms with E-state index in [9.17, 15) is 4.79 Å². The molecule has 228 valence electrons. The monoisotopic (exact) mass is 586 g/mol. The number of amides is 2. The third-order valence-electron chi connectivity index (χ3n) is 8.39. The Morgan fingerprint density at radius 1 is 1.05 bits per heavy atom. The molecule has 2 N–H and O–H groups in total. The van der Waals surface area contributed by atoms with E-state index in [0.29, 0.717) is 17.5 Å². The molecule has 0 saturated carbocycles. The number of urea groups is 1. The zero-order chi connectivity index (χ0) is 30.1. The quantitative estimate of drug-likeness (QED) is 0.289. The molecule has 11 nitrogen and oxygen atoms in total. The molecule has 0 bridgehead atoms. The molecule has 3 aromatic heterocycles. The number of hydrogen-bond acceptors (Lipinski definition) is 8. The Balaban J connectivity index is 1.13. The molecule has 1 aliphatic carbocycles. The summed E-state index contributed by atoms with van der Waals surface area (Å²) in [6, 6.07) is 13.4. The predicted molar refractivity (Wildman–Crippen MR) is 166 cm³/mol. The number of carbonyl (C=O) groups is 1. The van der Waals surface area contributed by atoms with Crippen molar-refractivity contribution < 1.29 is 14.1 Å². The molecule has 0 radical (unpaired) electrons. The minimum Gasteiger partial charge on any atom is -0.484 e. The molecule has 1 fully saturated rings. The van der Waals surface area contributed by atoms with E-state index in [1.807, 2.05) is 55.6 Å². The van der Waals surface area contributed by atoms with E-state index in [1.165, 1.54) is 0 Å². The number of rotatable bonds is 7. The molecule has 11 heteroatoms. The molecule has 43 heavy (non-hydrogen) atoms. The fraction of sp³-hybridized carbons (Fsp3) is 0.500. The summed E-state index contributed by atoms with van der Waals surface area (Å²) >= 11 is 0. The van der Waals surface area contributed by atoms with Gasteiger partial charge >= 0.3 is 6.03 Å². The van der Waals surface area contributed by atoms with Crippen LogP contribution in [0.3, 0.4) is 0 Å². The molecule has 2 aliphatic rings. The maximum absolute atomic E-state index is 12.9. The summed E-state index contributed by atoms with van der Waals surface area (Å²) in [7, 11) is 4.28. The topological polar surface area (TPSA) is 113 Å². The van der Waals surface area contributed by atoms with Crippen molar-refractivity contribution >= 4 is 23.4 Å². The van der Waals surface area contributed by atoms with E-state index in [0.717, 1.165) is 73.8 Å². The van der Waals surface area contributed by atoms with Gasteiger partial charge in [-0.3, -0.25) is 9.72 Å². The second-order valence-electron chi connectivity index (χ2n) is 13.1. The molecule has 0 spiro atoms. The Bertz CT molecular complexity index is 1560. The highest BCUT2D eigenvalue weighted by Crippen LogP contribution is 2.39. The summed E-state index contributed by atoms with van der Waals surface area (Å²) in [6.45, 7) is 9.17. The fourth-order valence-corrected chi connectivity index (χ4v) is 6.16. The van der Waals surface area contributed by atoms with Crippen LogP contribution >= 0.6 is 0 Å². The maximum Gasteiger partial charge on any atom is 0.320 e. The summed E-state index contributed by atoms with van der Waals surface area (Å²) in [5.41, 5.74) is 2.74. The van der Waals surface area contributed by atoms with Crippen molar-refractivity contribution in [1.82, 2.24) is 30.0 Å². The molecule has 4 heterocycles. The molecular formula is C32H42N8O3. The van der Waals surface area contributed by atoms with E-state index < -0.39 is 0 Å². The van der Waals surface area contributed by atoms with E-state index in [2.05, 4.69) is 62.0 Å². The fourth-order valence-electron chi connectivity index (χ4n) is 6.16. The van der Waals surface area contributed by atoms with Crippen molar-refractivity contribution in [3.05, 3.63) is 65.5 Å². The van der Waals surface area contributed by atoms with E-state index in [-0.39, 0.29) is 23.6 Å². The largest absolute Gasteiger partial charge is 0.484 e. The number of ether oxygens (including phenoxy) is 1. The van der Waals surface area contributed by atoms with Crippen molar-refractivity contribution in [3.63, 3.8) is 0 Å². The summed E-state index contributed by atoms with van der Waals surface area (Å²) in [5, 5.41) is 18.9. The van der Waals surface area contributed by atoms with E-state index in [4.69, 9.17) is 9.26 Å². The normalized spacial score (nSPS) is 19.4. The number of benzene rings is 1. The van der Waals surface area contributed by atoms with Crippen LogP contribution in [0.15, 0.2) is 53.2 Å². The van der Waals surface area contributed by atoms with Crippen LogP contribution in [0.4, 0.5) is 16.6 Å². The first-order chi connectivity index (χ1) is 20.6. The summed E-state index contributed by atoms with van der Waals surface area (Å²) < 4.78 is 14.0. The van der Waals surface area contributed by atoms with Crippen molar-refractivity contribution in [2.75, 3.05) is 43.9 Å². The molecule has 2 atom stereocenters. The van der Waals surface area contributed by atoms with Crippen LogP contribution in [0.1, 0.15) is 75.5 Å². The standard InChI is InChI=1S/C32H42N8O3/c1-32(2,3)27-18-28(37-43-27)34-30(41)33-25-11-12-26(24-9-7-6-8-23(24)25)42-22-10-13-29-35-36-31(40(29)20-22)39-16-14-21(15-17-39)19-38(4)5/h6-10,13,18,20-21,25-26H,11-12,14-17,19H2,1-5H3,(H2,33,34,37,41)/t25-,26+/m0/s1. The van der Waals surface area contributed by atoms with Crippen LogP contribution in [0.25, 0.3) is 5.65 Å². The number of anilines is 2. The Kier molecular flexibility index (Phi) is 8.00. The van der Waals surface area contributed by atoms with Gasteiger partial charge in [-0.05, 0) is 69.0 Å². The Morgan fingerprint density at radius 3 is 2.53 bits per heavy atom. The highest BCUT2D eigenvalue weighted by atomic mass is 16.5. The van der Waals surface area contributed by atoms with Crippen molar-refractivity contribution in [2.24, 2.45) is 5.92 Å². The average Bonchev–Trinajstić information content (AvgIpc) is 3.62. The Morgan fingerprint density at radius 2 is 1.81 bits per heavy atom. The number of aromatic nitrogens is 4. The minimum absolute atomic E-state index is 0.138. The molecule has 0 unspecified atom stereocenters. The zero-order valence-corrected chi connectivity index (χ0v) is 25.7.